The topological polar surface area (TPSA) is 32.5 Å². The van der Waals surface area contributed by atoms with Crippen LogP contribution in [-0.4, -0.2) is 38.1 Å². The van der Waals surface area contributed by atoms with E-state index < -0.39 is 0 Å². The van der Waals surface area contributed by atoms with Gasteiger partial charge in [-0.05, 0) is 31.7 Å². The third kappa shape index (κ3) is 2.11. The van der Waals surface area contributed by atoms with Gasteiger partial charge in [-0.1, -0.05) is 0 Å². The molecule has 2 rings (SSSR count). The summed E-state index contributed by atoms with van der Waals surface area (Å²) in [4.78, 5) is 4.50. The molecular formula is C12H18FN3. The summed E-state index contributed by atoms with van der Waals surface area (Å²) in [5.74, 6) is -0.227. The van der Waals surface area contributed by atoms with Crippen molar-refractivity contribution in [1.29, 1.82) is 0 Å². The Kier molecular flexibility index (Phi) is 3.01. The molecule has 2 N–H and O–H groups in total. The number of halogens is 1. The maximum Gasteiger partial charge on any atom is 0.128 e. The van der Waals surface area contributed by atoms with Gasteiger partial charge in [-0.2, -0.15) is 0 Å². The lowest BCUT2D eigenvalue weighted by molar-refractivity contribution is 0.313. The first-order valence-electron chi connectivity index (χ1n) is 5.57. The van der Waals surface area contributed by atoms with Crippen molar-refractivity contribution < 1.29 is 4.39 Å². The lowest BCUT2D eigenvalue weighted by atomic mass is 10.1. The van der Waals surface area contributed by atoms with E-state index in [4.69, 9.17) is 5.73 Å². The van der Waals surface area contributed by atoms with Gasteiger partial charge in [0, 0.05) is 26.2 Å². The van der Waals surface area contributed by atoms with E-state index in [9.17, 15) is 4.39 Å². The fraction of sp³-hybridized carbons (Fsp3) is 0.500. The van der Waals surface area contributed by atoms with Crippen molar-refractivity contribution in [3.05, 3.63) is 23.5 Å². The average Bonchev–Trinajstić information content (AvgIpc) is 2.25. The Balaban J connectivity index is 2.23. The minimum Gasteiger partial charge on any atom is -0.397 e. The third-order valence-corrected chi connectivity index (χ3v) is 3.15. The molecule has 0 aromatic heterocycles. The van der Waals surface area contributed by atoms with E-state index >= 15 is 0 Å². The van der Waals surface area contributed by atoms with Crippen LogP contribution in [0.4, 0.5) is 15.8 Å². The largest absolute Gasteiger partial charge is 0.397 e. The van der Waals surface area contributed by atoms with Crippen LogP contribution in [0.25, 0.3) is 0 Å². The Hall–Kier alpha value is -1.29. The number of nitrogens with two attached hydrogens (primary N) is 1. The molecule has 1 fully saturated rings. The van der Waals surface area contributed by atoms with Gasteiger partial charge in [0.1, 0.15) is 5.82 Å². The molecule has 1 heterocycles. The van der Waals surface area contributed by atoms with E-state index in [0.29, 0.717) is 11.3 Å². The zero-order valence-electron chi connectivity index (χ0n) is 9.83. The van der Waals surface area contributed by atoms with Crippen molar-refractivity contribution in [3.63, 3.8) is 0 Å². The fourth-order valence-corrected chi connectivity index (χ4v) is 2.00. The van der Waals surface area contributed by atoms with E-state index in [2.05, 4.69) is 16.8 Å². The number of benzene rings is 1. The predicted octanol–water partition coefficient (Wildman–Crippen LogP) is 1.47. The van der Waals surface area contributed by atoms with Gasteiger partial charge in [0.05, 0.1) is 11.4 Å². The minimum absolute atomic E-state index is 0.227. The zero-order valence-corrected chi connectivity index (χ0v) is 9.83. The Morgan fingerprint density at radius 1 is 1.19 bits per heavy atom. The maximum absolute atomic E-state index is 13.3. The van der Waals surface area contributed by atoms with E-state index in [1.807, 2.05) is 6.07 Å². The molecule has 0 saturated carbocycles. The van der Waals surface area contributed by atoms with Crippen molar-refractivity contribution in [3.8, 4) is 0 Å². The summed E-state index contributed by atoms with van der Waals surface area (Å²) in [6.07, 6.45) is 0. The van der Waals surface area contributed by atoms with Gasteiger partial charge in [0.15, 0.2) is 0 Å². The molecule has 1 aliphatic heterocycles. The van der Waals surface area contributed by atoms with Crippen LogP contribution in [0, 0.1) is 12.7 Å². The van der Waals surface area contributed by atoms with Gasteiger partial charge in [-0.3, -0.25) is 0 Å². The quantitative estimate of drug-likeness (QED) is 0.732. The zero-order chi connectivity index (χ0) is 11.7. The SMILES string of the molecule is Cc1cc(N2CCN(C)CC2)c(N)cc1F. The van der Waals surface area contributed by atoms with Crippen molar-refractivity contribution >= 4 is 11.4 Å². The van der Waals surface area contributed by atoms with Crippen LogP contribution in [0.3, 0.4) is 0 Å². The number of likely N-dealkylation sites (N-methyl/N-ethyl adjacent to an activating group) is 1. The van der Waals surface area contributed by atoms with Crippen LogP contribution >= 0.6 is 0 Å². The number of nitrogens with zero attached hydrogens (tertiary/aromatic N) is 2. The van der Waals surface area contributed by atoms with Gasteiger partial charge in [0.2, 0.25) is 0 Å². The summed E-state index contributed by atoms with van der Waals surface area (Å²) in [7, 11) is 2.11. The smallest absolute Gasteiger partial charge is 0.128 e. The van der Waals surface area contributed by atoms with E-state index in [-0.39, 0.29) is 5.82 Å². The molecule has 1 aromatic carbocycles. The molecule has 1 aromatic rings. The number of aryl methyl sites for hydroxylation is 1. The summed E-state index contributed by atoms with van der Waals surface area (Å²) in [6, 6.07) is 3.26. The molecule has 1 aliphatic rings. The molecule has 88 valence electrons. The number of rotatable bonds is 1. The standard InChI is InChI=1S/C12H18FN3/c1-9-7-12(11(14)8-10(9)13)16-5-3-15(2)4-6-16/h7-8H,3-6,14H2,1-2H3. The number of piperazine rings is 1. The minimum atomic E-state index is -0.227. The molecule has 0 bridgehead atoms. The normalized spacial score (nSPS) is 17.8. The highest BCUT2D eigenvalue weighted by atomic mass is 19.1. The average molecular weight is 223 g/mol. The molecular weight excluding hydrogens is 205 g/mol. The number of hydrogen-bond donors (Lipinski definition) is 1. The molecule has 4 heteroatoms. The molecule has 0 unspecified atom stereocenters. The summed E-state index contributed by atoms with van der Waals surface area (Å²) < 4.78 is 13.3. The van der Waals surface area contributed by atoms with Gasteiger partial charge in [-0.25, -0.2) is 4.39 Å². The van der Waals surface area contributed by atoms with Crippen LogP contribution in [0.1, 0.15) is 5.56 Å². The van der Waals surface area contributed by atoms with Crippen LogP contribution in [0.5, 0.6) is 0 Å². The van der Waals surface area contributed by atoms with E-state index in [1.165, 1.54) is 6.07 Å². The number of anilines is 2. The van der Waals surface area contributed by atoms with Crippen molar-refractivity contribution in [2.45, 2.75) is 6.92 Å². The Bertz CT molecular complexity index is 384. The van der Waals surface area contributed by atoms with Crippen LogP contribution < -0.4 is 10.6 Å². The lowest BCUT2D eigenvalue weighted by Crippen LogP contribution is -2.44. The Morgan fingerprint density at radius 3 is 2.44 bits per heavy atom. The van der Waals surface area contributed by atoms with Crippen LogP contribution in [0.15, 0.2) is 12.1 Å². The van der Waals surface area contributed by atoms with Gasteiger partial charge < -0.3 is 15.5 Å². The first kappa shape index (κ1) is 11.2. The van der Waals surface area contributed by atoms with E-state index in [0.717, 1.165) is 31.9 Å². The Morgan fingerprint density at radius 2 is 1.81 bits per heavy atom. The summed E-state index contributed by atoms with van der Waals surface area (Å²) in [5, 5.41) is 0. The molecule has 16 heavy (non-hydrogen) atoms. The molecule has 0 amide bonds. The number of hydrogen-bond acceptors (Lipinski definition) is 3. The second-order valence-electron chi connectivity index (χ2n) is 4.45. The van der Waals surface area contributed by atoms with Crippen LogP contribution in [0.2, 0.25) is 0 Å². The van der Waals surface area contributed by atoms with Crippen LogP contribution in [-0.2, 0) is 0 Å². The summed E-state index contributed by atoms with van der Waals surface area (Å²) >= 11 is 0. The second-order valence-corrected chi connectivity index (χ2v) is 4.45. The molecule has 0 aliphatic carbocycles. The Labute approximate surface area is 95.6 Å². The highest BCUT2D eigenvalue weighted by Gasteiger charge is 2.17. The molecule has 0 spiro atoms. The predicted molar refractivity (Wildman–Crippen MR) is 65.3 cm³/mol. The maximum atomic E-state index is 13.3. The van der Waals surface area contributed by atoms with Gasteiger partial charge >= 0.3 is 0 Å². The first-order valence-corrected chi connectivity index (χ1v) is 5.57. The van der Waals surface area contributed by atoms with E-state index in [1.54, 1.807) is 6.92 Å². The molecule has 0 atom stereocenters. The number of nitrogen functional groups attached to an aromatic ring is 1. The fourth-order valence-electron chi connectivity index (χ4n) is 2.00. The van der Waals surface area contributed by atoms with Crippen molar-refractivity contribution in [2.24, 2.45) is 0 Å². The van der Waals surface area contributed by atoms with Gasteiger partial charge in [0.25, 0.3) is 0 Å². The molecule has 0 radical (unpaired) electrons. The third-order valence-electron chi connectivity index (χ3n) is 3.15. The monoisotopic (exact) mass is 223 g/mol. The summed E-state index contributed by atoms with van der Waals surface area (Å²) in [5.41, 5.74) is 8.02. The summed E-state index contributed by atoms with van der Waals surface area (Å²) in [6.45, 7) is 5.72. The first-order chi connectivity index (χ1) is 7.58. The lowest BCUT2D eigenvalue weighted by Gasteiger charge is -2.34. The second kappa shape index (κ2) is 4.29. The highest BCUT2D eigenvalue weighted by molar-refractivity contribution is 5.69. The highest BCUT2D eigenvalue weighted by Crippen LogP contribution is 2.27. The molecule has 1 saturated heterocycles. The van der Waals surface area contributed by atoms with Gasteiger partial charge in [-0.15, -0.1) is 0 Å². The molecule has 3 nitrogen and oxygen atoms in total. The van der Waals surface area contributed by atoms with Crippen molar-refractivity contribution in [1.82, 2.24) is 4.90 Å². The van der Waals surface area contributed by atoms with Crippen molar-refractivity contribution in [2.75, 3.05) is 43.9 Å².